The lowest BCUT2D eigenvalue weighted by atomic mass is 9.48. The van der Waals surface area contributed by atoms with Crippen LogP contribution in [0, 0.1) is 23.2 Å². The summed E-state index contributed by atoms with van der Waals surface area (Å²) in [5, 5.41) is 3.59. The lowest BCUT2D eigenvalue weighted by molar-refractivity contribution is -0.0971. The maximum Gasteiger partial charge on any atom is 0.0781 e. The summed E-state index contributed by atoms with van der Waals surface area (Å²) in [6.45, 7) is 3.64. The third-order valence-corrected chi connectivity index (χ3v) is 6.12. The number of methoxy groups -OCH3 is 1. The van der Waals surface area contributed by atoms with Crippen LogP contribution in [0.1, 0.15) is 45.4 Å². The lowest BCUT2D eigenvalue weighted by Crippen LogP contribution is -2.57. The molecule has 4 aliphatic carbocycles. The van der Waals surface area contributed by atoms with E-state index in [9.17, 15) is 0 Å². The number of rotatable bonds is 7. The Kier molecular flexibility index (Phi) is 4.40. The van der Waals surface area contributed by atoms with Crippen molar-refractivity contribution >= 4 is 0 Å². The minimum atomic E-state index is 0.199. The number of hydrogen-bond donors (Lipinski definition) is 1. The average Bonchev–Trinajstić information content (AvgIpc) is 2.37. The van der Waals surface area contributed by atoms with Crippen molar-refractivity contribution in [1.82, 2.24) is 5.32 Å². The van der Waals surface area contributed by atoms with E-state index >= 15 is 0 Å². The second kappa shape index (κ2) is 5.94. The van der Waals surface area contributed by atoms with Crippen LogP contribution in [0.4, 0.5) is 0 Å². The number of likely N-dealkylation sites (N-methyl/N-ethyl adjacent to an activating group) is 1. The molecule has 3 heteroatoms. The molecule has 0 aromatic carbocycles. The van der Waals surface area contributed by atoms with E-state index in [1.165, 1.54) is 38.5 Å². The summed E-state index contributed by atoms with van der Waals surface area (Å²) in [5.74, 6) is 3.02. The molecule has 4 aliphatic rings. The van der Waals surface area contributed by atoms with E-state index in [1.54, 1.807) is 7.11 Å². The first-order valence-corrected chi connectivity index (χ1v) is 8.43. The van der Waals surface area contributed by atoms with Crippen LogP contribution in [0.3, 0.4) is 0 Å². The molecule has 4 saturated carbocycles. The zero-order valence-corrected chi connectivity index (χ0v) is 13.4. The molecule has 0 radical (unpaired) electrons. The Balaban J connectivity index is 1.63. The molecule has 4 rings (SSSR count). The Labute approximate surface area is 123 Å². The van der Waals surface area contributed by atoms with Gasteiger partial charge in [-0.3, -0.25) is 0 Å². The maximum absolute atomic E-state index is 6.04. The van der Waals surface area contributed by atoms with Gasteiger partial charge in [0.1, 0.15) is 0 Å². The molecular weight excluding hydrogens is 250 g/mol. The molecule has 0 spiro atoms. The Morgan fingerprint density at radius 1 is 1.05 bits per heavy atom. The van der Waals surface area contributed by atoms with E-state index < -0.39 is 0 Å². The van der Waals surface area contributed by atoms with Crippen LogP contribution in [0.5, 0.6) is 0 Å². The summed E-state index contributed by atoms with van der Waals surface area (Å²) in [6, 6.07) is 0.523. The molecule has 2 atom stereocenters. The second-order valence-electron chi connectivity index (χ2n) is 7.72. The van der Waals surface area contributed by atoms with Crippen molar-refractivity contribution in [3.63, 3.8) is 0 Å². The van der Waals surface area contributed by atoms with Crippen molar-refractivity contribution in [2.45, 2.75) is 57.6 Å². The first-order valence-electron chi connectivity index (χ1n) is 8.43. The fourth-order valence-corrected chi connectivity index (χ4v) is 5.71. The van der Waals surface area contributed by atoms with Crippen LogP contribution in [0.2, 0.25) is 0 Å². The van der Waals surface area contributed by atoms with E-state index in [1.807, 2.05) is 0 Å². The van der Waals surface area contributed by atoms with Crippen LogP contribution in [0.25, 0.3) is 0 Å². The van der Waals surface area contributed by atoms with Gasteiger partial charge in [0, 0.05) is 13.2 Å². The molecule has 3 nitrogen and oxygen atoms in total. The minimum Gasteiger partial charge on any atom is -0.382 e. The minimum absolute atomic E-state index is 0.199. The third-order valence-electron chi connectivity index (χ3n) is 6.12. The van der Waals surface area contributed by atoms with E-state index in [-0.39, 0.29) is 6.10 Å². The van der Waals surface area contributed by atoms with Gasteiger partial charge < -0.3 is 14.8 Å². The zero-order valence-electron chi connectivity index (χ0n) is 13.4. The van der Waals surface area contributed by atoms with Crippen LogP contribution >= 0.6 is 0 Å². The molecule has 0 aliphatic heterocycles. The summed E-state index contributed by atoms with van der Waals surface area (Å²) in [6.07, 6.45) is 9.04. The van der Waals surface area contributed by atoms with E-state index in [2.05, 4.69) is 19.3 Å². The quantitative estimate of drug-likeness (QED) is 0.778. The molecule has 20 heavy (non-hydrogen) atoms. The fourth-order valence-electron chi connectivity index (χ4n) is 5.71. The van der Waals surface area contributed by atoms with Crippen LogP contribution in [0.15, 0.2) is 0 Å². The van der Waals surface area contributed by atoms with Gasteiger partial charge in [0.2, 0.25) is 0 Å². The second-order valence-corrected chi connectivity index (χ2v) is 7.72. The molecule has 0 heterocycles. The van der Waals surface area contributed by atoms with Crippen molar-refractivity contribution in [2.24, 2.45) is 23.2 Å². The monoisotopic (exact) mass is 281 g/mol. The highest BCUT2D eigenvalue weighted by molar-refractivity contribution is 5.06. The van der Waals surface area contributed by atoms with Crippen molar-refractivity contribution < 1.29 is 9.47 Å². The summed E-state index contributed by atoms with van der Waals surface area (Å²) in [4.78, 5) is 0. The van der Waals surface area contributed by atoms with E-state index in [0.717, 1.165) is 24.4 Å². The number of nitrogens with one attached hydrogen (secondary N) is 1. The maximum atomic E-state index is 6.04. The van der Waals surface area contributed by atoms with Gasteiger partial charge in [-0.05, 0) is 75.7 Å². The molecule has 4 fully saturated rings. The average molecular weight is 281 g/mol. The van der Waals surface area contributed by atoms with Crippen LogP contribution in [-0.4, -0.2) is 39.5 Å². The third kappa shape index (κ3) is 2.77. The first-order chi connectivity index (χ1) is 9.65. The van der Waals surface area contributed by atoms with Gasteiger partial charge in [-0.15, -0.1) is 0 Å². The van der Waals surface area contributed by atoms with Crippen molar-refractivity contribution in [3.8, 4) is 0 Å². The Morgan fingerprint density at radius 3 is 2.05 bits per heavy atom. The van der Waals surface area contributed by atoms with Gasteiger partial charge in [-0.25, -0.2) is 0 Å². The molecule has 0 aromatic heterocycles. The Bertz CT molecular complexity index is 296. The van der Waals surface area contributed by atoms with Gasteiger partial charge in [-0.2, -0.15) is 0 Å². The highest BCUT2D eigenvalue weighted by Crippen LogP contribution is 2.61. The van der Waals surface area contributed by atoms with E-state index in [0.29, 0.717) is 18.1 Å². The smallest absolute Gasteiger partial charge is 0.0781 e. The topological polar surface area (TPSA) is 30.5 Å². The lowest BCUT2D eigenvalue weighted by Gasteiger charge is -2.59. The molecule has 0 amide bonds. The number of hydrogen-bond acceptors (Lipinski definition) is 3. The zero-order chi connectivity index (χ0) is 14.2. The van der Waals surface area contributed by atoms with E-state index in [4.69, 9.17) is 9.47 Å². The molecule has 4 bridgehead atoms. The highest BCUT2D eigenvalue weighted by Gasteiger charge is 2.53. The van der Waals surface area contributed by atoms with Gasteiger partial charge in [-0.1, -0.05) is 0 Å². The normalized spacial score (nSPS) is 41.9. The first kappa shape index (κ1) is 14.8. The molecular formula is C17H31NO2. The van der Waals surface area contributed by atoms with Crippen LogP contribution in [-0.2, 0) is 9.47 Å². The summed E-state index contributed by atoms with van der Waals surface area (Å²) < 4.78 is 11.2. The Morgan fingerprint density at radius 2 is 1.60 bits per heavy atom. The van der Waals surface area contributed by atoms with Crippen molar-refractivity contribution in [2.75, 3.05) is 27.4 Å². The molecule has 116 valence electrons. The SMILES string of the molecule is CNC(COC(C)COC)C12CC3CC(CC(C3)C1)C2. The molecule has 2 unspecified atom stereocenters. The van der Waals surface area contributed by atoms with Gasteiger partial charge in [0.05, 0.1) is 19.3 Å². The Hall–Kier alpha value is -0.120. The standard InChI is InChI=1S/C17H31NO2/c1-12(10-19-3)20-11-16(18-2)17-7-13-4-14(8-17)6-15(5-13)9-17/h12-16,18H,4-11H2,1-3H3. The number of ether oxygens (including phenoxy) is 2. The van der Waals surface area contributed by atoms with Crippen molar-refractivity contribution in [3.05, 3.63) is 0 Å². The molecule has 1 N–H and O–H groups in total. The van der Waals surface area contributed by atoms with Gasteiger partial charge in [0.25, 0.3) is 0 Å². The molecule has 0 aromatic rings. The summed E-state index contributed by atoms with van der Waals surface area (Å²) in [7, 11) is 3.86. The van der Waals surface area contributed by atoms with Gasteiger partial charge in [0.15, 0.2) is 0 Å². The summed E-state index contributed by atoms with van der Waals surface area (Å²) >= 11 is 0. The predicted molar refractivity (Wildman–Crippen MR) is 80.7 cm³/mol. The van der Waals surface area contributed by atoms with Crippen molar-refractivity contribution in [1.29, 1.82) is 0 Å². The van der Waals surface area contributed by atoms with Crippen LogP contribution < -0.4 is 5.32 Å². The highest BCUT2D eigenvalue weighted by atomic mass is 16.5. The molecule has 0 saturated heterocycles. The summed E-state index contributed by atoms with van der Waals surface area (Å²) in [5.41, 5.74) is 0.524. The fraction of sp³-hybridized carbons (Fsp3) is 1.00. The predicted octanol–water partition coefficient (Wildman–Crippen LogP) is 2.84. The van der Waals surface area contributed by atoms with Gasteiger partial charge >= 0.3 is 0 Å². The largest absolute Gasteiger partial charge is 0.382 e.